The minimum atomic E-state index is -0.553. The third-order valence-electron chi connectivity index (χ3n) is 5.85. The predicted molar refractivity (Wildman–Crippen MR) is 130 cm³/mol. The molecule has 1 aliphatic heterocycles. The van der Waals surface area contributed by atoms with Gasteiger partial charge in [0.15, 0.2) is 5.78 Å². The van der Waals surface area contributed by atoms with Gasteiger partial charge in [0.2, 0.25) is 5.91 Å². The zero-order valence-electron chi connectivity index (χ0n) is 18.7. The van der Waals surface area contributed by atoms with Gasteiger partial charge in [-0.05, 0) is 11.6 Å². The summed E-state index contributed by atoms with van der Waals surface area (Å²) in [7, 11) is 0. The Morgan fingerprint density at radius 3 is 2.12 bits per heavy atom. The number of carbonyl (C=O) groups is 2. The smallest absolute Gasteiger partial charge is 0.270 e. The first-order valence-corrected chi connectivity index (χ1v) is 11.2. The summed E-state index contributed by atoms with van der Waals surface area (Å²) in [6.45, 7) is 4.31. The molecule has 0 saturated carbocycles. The normalized spacial score (nSPS) is 14.5. The van der Waals surface area contributed by atoms with Crippen molar-refractivity contribution in [2.45, 2.75) is 6.54 Å². The van der Waals surface area contributed by atoms with E-state index in [1.165, 1.54) is 23.8 Å². The van der Waals surface area contributed by atoms with Gasteiger partial charge in [0.05, 0.1) is 22.7 Å². The Labute approximate surface area is 198 Å². The zero-order chi connectivity index (χ0) is 23.9. The highest BCUT2D eigenvalue weighted by Gasteiger charge is 2.22. The first kappa shape index (κ1) is 23.3. The maximum absolute atomic E-state index is 13.0. The van der Waals surface area contributed by atoms with Crippen LogP contribution in [-0.2, 0) is 11.3 Å². The Balaban J connectivity index is 1.39. The molecule has 8 nitrogen and oxygen atoms in total. The van der Waals surface area contributed by atoms with Gasteiger partial charge in [-0.15, -0.1) is 0 Å². The molecule has 0 unspecified atom stereocenters. The van der Waals surface area contributed by atoms with Gasteiger partial charge in [0.25, 0.3) is 5.69 Å². The molecule has 3 aromatic rings. The second kappa shape index (κ2) is 10.8. The van der Waals surface area contributed by atoms with Gasteiger partial charge in [-0.25, -0.2) is 0 Å². The minimum absolute atomic E-state index is 0.0985. The maximum atomic E-state index is 13.0. The molecule has 3 aromatic carbocycles. The van der Waals surface area contributed by atoms with E-state index in [0.717, 1.165) is 32.7 Å². The van der Waals surface area contributed by atoms with Crippen LogP contribution in [0.25, 0.3) is 0 Å². The number of rotatable bonds is 8. The van der Waals surface area contributed by atoms with Crippen LogP contribution in [0.1, 0.15) is 21.5 Å². The quantitative estimate of drug-likeness (QED) is 0.315. The molecule has 0 bridgehead atoms. The number of piperazine rings is 1. The Bertz CT molecular complexity index is 1160. The molecule has 0 atom stereocenters. The molecule has 0 aliphatic carbocycles. The molecule has 4 rings (SSSR count). The molecule has 1 amide bonds. The summed E-state index contributed by atoms with van der Waals surface area (Å²) in [5, 5.41) is 14.0. The van der Waals surface area contributed by atoms with E-state index in [1.54, 1.807) is 30.3 Å². The summed E-state index contributed by atoms with van der Waals surface area (Å²) in [6, 6.07) is 22.7. The van der Waals surface area contributed by atoms with E-state index in [4.69, 9.17) is 0 Å². The van der Waals surface area contributed by atoms with Crippen molar-refractivity contribution in [3.8, 4) is 0 Å². The van der Waals surface area contributed by atoms with Crippen LogP contribution in [-0.4, -0.2) is 59.1 Å². The zero-order valence-corrected chi connectivity index (χ0v) is 18.7. The Hall–Kier alpha value is -3.88. The van der Waals surface area contributed by atoms with Crippen LogP contribution in [0.3, 0.4) is 0 Å². The number of amides is 1. The number of anilines is 1. The minimum Gasteiger partial charge on any atom is -0.324 e. The van der Waals surface area contributed by atoms with E-state index in [0.29, 0.717) is 5.56 Å². The van der Waals surface area contributed by atoms with Crippen LogP contribution in [0.4, 0.5) is 11.4 Å². The van der Waals surface area contributed by atoms with Gasteiger partial charge in [-0.3, -0.25) is 29.5 Å². The largest absolute Gasteiger partial charge is 0.324 e. The summed E-state index contributed by atoms with van der Waals surface area (Å²) < 4.78 is 0. The van der Waals surface area contributed by atoms with Crippen molar-refractivity contribution < 1.29 is 14.5 Å². The number of hydrogen-bond acceptors (Lipinski definition) is 6. The molecule has 1 N–H and O–H groups in total. The number of ketones is 1. The SMILES string of the molecule is O=C(CN1CCN(Cc2ccccc2)CC1)Nc1ccc([N+](=O)[O-])cc1C(=O)c1ccccc1. The van der Waals surface area contributed by atoms with Crippen LogP contribution >= 0.6 is 0 Å². The summed E-state index contributed by atoms with van der Waals surface area (Å²) >= 11 is 0. The summed E-state index contributed by atoms with van der Waals surface area (Å²) in [4.78, 5) is 40.9. The van der Waals surface area contributed by atoms with E-state index in [1.807, 2.05) is 18.2 Å². The second-order valence-electron chi connectivity index (χ2n) is 8.27. The van der Waals surface area contributed by atoms with Gasteiger partial charge < -0.3 is 5.32 Å². The van der Waals surface area contributed by atoms with Gasteiger partial charge in [-0.1, -0.05) is 60.7 Å². The number of nitrogens with zero attached hydrogens (tertiary/aromatic N) is 3. The van der Waals surface area contributed by atoms with Crippen molar-refractivity contribution in [1.82, 2.24) is 9.80 Å². The van der Waals surface area contributed by atoms with Gasteiger partial charge in [0.1, 0.15) is 0 Å². The fraction of sp³-hybridized carbons (Fsp3) is 0.231. The summed E-state index contributed by atoms with van der Waals surface area (Å²) in [5.74, 6) is -0.637. The molecular weight excluding hydrogens is 432 g/mol. The molecule has 0 aromatic heterocycles. The maximum Gasteiger partial charge on any atom is 0.270 e. The first-order chi connectivity index (χ1) is 16.5. The van der Waals surface area contributed by atoms with Crippen molar-refractivity contribution in [3.63, 3.8) is 0 Å². The van der Waals surface area contributed by atoms with Gasteiger partial charge in [-0.2, -0.15) is 0 Å². The fourth-order valence-electron chi connectivity index (χ4n) is 4.03. The third kappa shape index (κ3) is 5.92. The molecule has 0 radical (unpaired) electrons. The van der Waals surface area contributed by atoms with Gasteiger partial charge >= 0.3 is 0 Å². The van der Waals surface area contributed by atoms with Crippen molar-refractivity contribution in [3.05, 3.63) is 106 Å². The van der Waals surface area contributed by atoms with Crippen LogP contribution in [0.5, 0.6) is 0 Å². The van der Waals surface area contributed by atoms with Crippen molar-refractivity contribution >= 4 is 23.1 Å². The Morgan fingerprint density at radius 2 is 1.47 bits per heavy atom. The lowest BCUT2D eigenvalue weighted by Gasteiger charge is -2.34. The second-order valence-corrected chi connectivity index (χ2v) is 8.27. The number of benzene rings is 3. The number of nitrogens with one attached hydrogen (secondary N) is 1. The molecule has 1 fully saturated rings. The molecule has 1 aliphatic rings. The Kier molecular flexibility index (Phi) is 7.41. The van der Waals surface area contributed by atoms with E-state index >= 15 is 0 Å². The molecule has 1 saturated heterocycles. The number of carbonyl (C=O) groups excluding carboxylic acids is 2. The van der Waals surface area contributed by atoms with Crippen molar-refractivity contribution in [1.29, 1.82) is 0 Å². The highest BCUT2D eigenvalue weighted by molar-refractivity contribution is 6.14. The lowest BCUT2D eigenvalue weighted by molar-refractivity contribution is -0.384. The third-order valence-corrected chi connectivity index (χ3v) is 5.85. The Morgan fingerprint density at radius 1 is 0.853 bits per heavy atom. The average molecular weight is 459 g/mol. The molecule has 34 heavy (non-hydrogen) atoms. The first-order valence-electron chi connectivity index (χ1n) is 11.2. The van der Waals surface area contributed by atoms with Gasteiger partial charge in [0, 0.05) is 50.4 Å². The lowest BCUT2D eigenvalue weighted by atomic mass is 10.0. The highest BCUT2D eigenvalue weighted by atomic mass is 16.6. The van der Waals surface area contributed by atoms with E-state index in [9.17, 15) is 19.7 Å². The van der Waals surface area contributed by atoms with E-state index < -0.39 is 4.92 Å². The summed E-state index contributed by atoms with van der Waals surface area (Å²) in [6.07, 6.45) is 0. The van der Waals surface area contributed by atoms with Crippen LogP contribution in [0.2, 0.25) is 0 Å². The van der Waals surface area contributed by atoms with E-state index in [2.05, 4.69) is 27.2 Å². The molecule has 0 spiro atoms. The monoisotopic (exact) mass is 458 g/mol. The molecule has 1 heterocycles. The lowest BCUT2D eigenvalue weighted by Crippen LogP contribution is -2.48. The molecule has 174 valence electrons. The average Bonchev–Trinajstić information content (AvgIpc) is 2.86. The van der Waals surface area contributed by atoms with Crippen LogP contribution < -0.4 is 5.32 Å². The molecular formula is C26H26N4O4. The fourth-order valence-corrected chi connectivity index (χ4v) is 4.03. The number of nitro groups is 1. The summed E-state index contributed by atoms with van der Waals surface area (Å²) in [5.41, 5.74) is 1.83. The number of nitro benzene ring substituents is 1. The highest BCUT2D eigenvalue weighted by Crippen LogP contribution is 2.25. The topological polar surface area (TPSA) is 95.8 Å². The van der Waals surface area contributed by atoms with Crippen molar-refractivity contribution in [2.75, 3.05) is 38.0 Å². The van der Waals surface area contributed by atoms with Crippen LogP contribution in [0.15, 0.2) is 78.9 Å². The number of non-ortho nitro benzene ring substituents is 1. The van der Waals surface area contributed by atoms with Crippen LogP contribution in [0, 0.1) is 10.1 Å². The van der Waals surface area contributed by atoms with E-state index in [-0.39, 0.29) is 35.2 Å². The number of hydrogen-bond donors (Lipinski definition) is 1. The standard InChI is InChI=1S/C26H26N4O4/c31-25(19-29-15-13-28(14-16-29)18-20-7-3-1-4-8-20)27-24-12-11-22(30(33)34)17-23(24)26(32)21-9-5-2-6-10-21/h1-12,17H,13-16,18-19H2,(H,27,31). The van der Waals surface area contributed by atoms with Crippen molar-refractivity contribution in [2.24, 2.45) is 0 Å². The predicted octanol–water partition coefficient (Wildman–Crippen LogP) is 3.58. The molecule has 8 heteroatoms.